The van der Waals surface area contributed by atoms with E-state index in [-0.39, 0.29) is 35.8 Å². The zero-order chi connectivity index (χ0) is 28.6. The van der Waals surface area contributed by atoms with Crippen LogP contribution in [0.5, 0.6) is 0 Å². The number of benzene rings is 1. The van der Waals surface area contributed by atoms with Crippen LogP contribution < -0.4 is 5.32 Å². The minimum absolute atomic E-state index is 0.0921. The van der Waals surface area contributed by atoms with Crippen LogP contribution in [-0.2, 0) is 16.1 Å². The van der Waals surface area contributed by atoms with E-state index in [9.17, 15) is 14.4 Å². The fourth-order valence-corrected chi connectivity index (χ4v) is 5.38. The lowest BCUT2D eigenvalue weighted by Crippen LogP contribution is -2.44. The van der Waals surface area contributed by atoms with Gasteiger partial charge in [0.15, 0.2) is 5.78 Å². The lowest BCUT2D eigenvalue weighted by atomic mass is 10.0. The first-order chi connectivity index (χ1) is 19.1. The van der Waals surface area contributed by atoms with E-state index in [0.29, 0.717) is 40.1 Å². The zero-order valence-corrected chi connectivity index (χ0v) is 24.4. The minimum atomic E-state index is -0.625. The summed E-state index contributed by atoms with van der Waals surface area (Å²) < 4.78 is 2.17. The molecule has 1 aromatic carbocycles. The maximum atomic E-state index is 13.7. The van der Waals surface area contributed by atoms with Crippen molar-refractivity contribution in [3.05, 3.63) is 64.4 Å². The Bertz CT molecular complexity index is 1620. The van der Waals surface area contributed by atoms with E-state index in [1.54, 1.807) is 22.0 Å². The summed E-state index contributed by atoms with van der Waals surface area (Å²) in [7, 11) is 0. The third-order valence-corrected chi connectivity index (χ3v) is 7.82. The molecule has 2 amide bonds. The fraction of sp³-hybridized carbons (Fsp3) is 0.345. The molecule has 0 bridgehead atoms. The van der Waals surface area contributed by atoms with Gasteiger partial charge in [-0.2, -0.15) is 5.10 Å². The minimum Gasteiger partial charge on any atom is -0.329 e. The highest BCUT2D eigenvalue weighted by atomic mass is 79.9. The van der Waals surface area contributed by atoms with E-state index in [1.807, 2.05) is 44.2 Å². The Labute approximate surface area is 240 Å². The molecule has 1 fully saturated rings. The van der Waals surface area contributed by atoms with Crippen molar-refractivity contribution in [2.24, 2.45) is 5.92 Å². The number of hydrogen-bond acceptors (Lipinski definition) is 7. The number of hydrogen-bond donors (Lipinski definition) is 1. The molecule has 4 aromatic rings. The van der Waals surface area contributed by atoms with Gasteiger partial charge in [-0.25, -0.2) is 15.0 Å². The second-order valence-corrected chi connectivity index (χ2v) is 11.0. The number of nitrogens with zero attached hydrogens (tertiary/aromatic N) is 6. The number of aryl methyl sites for hydroxylation is 2. The summed E-state index contributed by atoms with van der Waals surface area (Å²) in [4.78, 5) is 54.1. The highest BCUT2D eigenvalue weighted by Gasteiger charge is 2.39. The summed E-state index contributed by atoms with van der Waals surface area (Å²) in [5.41, 5.74) is 3.44. The fourth-order valence-electron chi connectivity index (χ4n) is 5.07. The van der Waals surface area contributed by atoms with Crippen LogP contribution in [0.2, 0.25) is 0 Å². The van der Waals surface area contributed by atoms with Gasteiger partial charge in [-0.3, -0.25) is 19.1 Å². The molecule has 1 saturated heterocycles. The number of Topliss-reactive ketones (excluding diaryl/α,β-unsaturated/α-hetero) is 1. The van der Waals surface area contributed by atoms with E-state index in [1.165, 1.54) is 6.92 Å². The van der Waals surface area contributed by atoms with E-state index >= 15 is 0 Å². The molecular formula is C29H30BrN7O3. The first-order valence-corrected chi connectivity index (χ1v) is 14.0. The van der Waals surface area contributed by atoms with Gasteiger partial charge in [0.1, 0.15) is 34.5 Å². The van der Waals surface area contributed by atoms with Crippen LogP contribution in [0.15, 0.2) is 47.3 Å². The van der Waals surface area contributed by atoms with Crippen molar-refractivity contribution in [3.63, 3.8) is 0 Å². The summed E-state index contributed by atoms with van der Waals surface area (Å²) in [5.74, 6) is 0.643. The van der Waals surface area contributed by atoms with Crippen LogP contribution in [0.4, 0.5) is 5.82 Å². The lowest BCUT2D eigenvalue weighted by Gasteiger charge is -2.24. The maximum Gasteiger partial charge on any atom is 0.248 e. The van der Waals surface area contributed by atoms with Crippen LogP contribution in [0.1, 0.15) is 48.6 Å². The second kappa shape index (κ2) is 11.2. The molecule has 11 heteroatoms. The van der Waals surface area contributed by atoms with Gasteiger partial charge in [0.2, 0.25) is 11.8 Å². The molecule has 0 radical (unpaired) electrons. The van der Waals surface area contributed by atoms with E-state index in [2.05, 4.69) is 48.2 Å². The van der Waals surface area contributed by atoms with Crippen LogP contribution in [0, 0.1) is 19.8 Å². The van der Waals surface area contributed by atoms with Crippen molar-refractivity contribution >= 4 is 50.2 Å². The Kier molecular flexibility index (Phi) is 7.75. The number of ketones is 1. The molecule has 5 rings (SSSR count). The van der Waals surface area contributed by atoms with Gasteiger partial charge in [-0.15, -0.1) is 0 Å². The monoisotopic (exact) mass is 603 g/mol. The predicted molar refractivity (Wildman–Crippen MR) is 155 cm³/mol. The smallest absolute Gasteiger partial charge is 0.248 e. The molecule has 0 aliphatic carbocycles. The quantitative estimate of drug-likeness (QED) is 0.239. The molecule has 2 atom stereocenters. The van der Waals surface area contributed by atoms with E-state index in [4.69, 9.17) is 0 Å². The number of halogens is 1. The molecular weight excluding hydrogens is 574 g/mol. The zero-order valence-electron chi connectivity index (χ0n) is 22.8. The number of anilines is 1. The largest absolute Gasteiger partial charge is 0.329 e. The van der Waals surface area contributed by atoms with Crippen LogP contribution >= 0.6 is 15.9 Å². The van der Waals surface area contributed by atoms with Crippen molar-refractivity contribution in [1.82, 2.24) is 29.6 Å². The number of fused-ring (bicyclic) bond motifs is 1. The van der Waals surface area contributed by atoms with E-state index < -0.39 is 6.04 Å². The Balaban J connectivity index is 1.42. The summed E-state index contributed by atoms with van der Waals surface area (Å²) in [6.07, 6.45) is 4.89. The van der Waals surface area contributed by atoms with Crippen molar-refractivity contribution in [3.8, 4) is 11.1 Å². The Morgan fingerprint density at radius 1 is 1.07 bits per heavy atom. The van der Waals surface area contributed by atoms with Gasteiger partial charge in [0.25, 0.3) is 0 Å². The standard InChI is InChI=1S/C29H30BrN7O3/c1-5-19-10-24(29(40)34-28-16(2)6-9-25(30)33-28)36(14-19)26(39)15-37-23-8-7-20(21-12-31-18(4)32-13-21)11-22(23)27(35-37)17(3)38/h6-9,11-13,19,24H,5,10,14-15H2,1-4H3,(H,33,34,40)/t19-,24+/m1/s1. The number of amides is 2. The van der Waals surface area contributed by atoms with Gasteiger partial charge >= 0.3 is 0 Å². The lowest BCUT2D eigenvalue weighted by molar-refractivity contribution is -0.137. The second-order valence-electron chi connectivity index (χ2n) is 10.2. The molecule has 1 aliphatic rings. The predicted octanol–water partition coefficient (Wildman–Crippen LogP) is 4.74. The van der Waals surface area contributed by atoms with Crippen molar-refractivity contribution in [2.45, 2.75) is 53.1 Å². The molecule has 206 valence electrons. The highest BCUT2D eigenvalue weighted by molar-refractivity contribution is 9.10. The first-order valence-electron chi connectivity index (χ1n) is 13.2. The molecule has 0 saturated carbocycles. The number of nitrogens with one attached hydrogen (secondary N) is 1. The van der Waals surface area contributed by atoms with Crippen molar-refractivity contribution in [2.75, 3.05) is 11.9 Å². The van der Waals surface area contributed by atoms with Gasteiger partial charge in [0.05, 0.1) is 5.52 Å². The van der Waals surface area contributed by atoms with Crippen LogP contribution in [-0.4, -0.2) is 59.8 Å². The molecule has 1 N–H and O–H groups in total. The molecule has 0 spiro atoms. The molecule has 40 heavy (non-hydrogen) atoms. The van der Waals surface area contributed by atoms with Crippen LogP contribution in [0.3, 0.4) is 0 Å². The van der Waals surface area contributed by atoms with Crippen molar-refractivity contribution < 1.29 is 14.4 Å². The Morgan fingerprint density at radius 3 is 2.52 bits per heavy atom. The molecule has 1 aliphatic heterocycles. The third-order valence-electron chi connectivity index (χ3n) is 7.38. The van der Waals surface area contributed by atoms with Gasteiger partial charge in [0, 0.05) is 36.8 Å². The average Bonchev–Trinajstić information content (AvgIpc) is 3.53. The summed E-state index contributed by atoms with van der Waals surface area (Å²) in [6, 6.07) is 8.68. The van der Waals surface area contributed by atoms with Gasteiger partial charge in [-0.05, 0) is 71.4 Å². The number of rotatable bonds is 7. The number of carbonyl (C=O) groups excluding carboxylic acids is 3. The molecule has 0 unspecified atom stereocenters. The maximum absolute atomic E-state index is 13.7. The number of likely N-dealkylation sites (tertiary alicyclic amines) is 1. The Morgan fingerprint density at radius 2 is 1.82 bits per heavy atom. The van der Waals surface area contributed by atoms with Gasteiger partial charge < -0.3 is 10.2 Å². The topological polar surface area (TPSA) is 123 Å². The van der Waals surface area contributed by atoms with E-state index in [0.717, 1.165) is 23.1 Å². The summed E-state index contributed by atoms with van der Waals surface area (Å²) >= 11 is 3.35. The number of carbonyl (C=O) groups is 3. The summed E-state index contributed by atoms with van der Waals surface area (Å²) in [6.45, 7) is 7.59. The van der Waals surface area contributed by atoms with Crippen LogP contribution in [0.25, 0.3) is 22.0 Å². The first kappa shape index (κ1) is 27.6. The molecule has 4 heterocycles. The van der Waals surface area contributed by atoms with Crippen molar-refractivity contribution in [1.29, 1.82) is 0 Å². The SMILES string of the molecule is CC[C@@H]1C[C@@H](C(=O)Nc2nc(Br)ccc2C)N(C(=O)Cn2nc(C(C)=O)c3cc(-c4cnc(C)nc4)ccc32)C1. The van der Waals surface area contributed by atoms with Gasteiger partial charge in [-0.1, -0.05) is 25.5 Å². The third kappa shape index (κ3) is 5.51. The normalized spacial score (nSPS) is 16.9. The average molecular weight is 605 g/mol. The Hall–Kier alpha value is -3.99. The highest BCUT2D eigenvalue weighted by Crippen LogP contribution is 2.30. The number of pyridine rings is 1. The number of aromatic nitrogens is 5. The summed E-state index contributed by atoms with van der Waals surface area (Å²) in [5, 5.41) is 8.08. The molecule has 3 aromatic heterocycles. The molecule has 10 nitrogen and oxygen atoms in total.